The Morgan fingerprint density at radius 2 is 2.00 bits per heavy atom. The van der Waals surface area contributed by atoms with Gasteiger partial charge in [0, 0.05) is 0 Å². The van der Waals surface area contributed by atoms with Gasteiger partial charge in [0.15, 0.2) is 0 Å². The average molecular weight is 126 g/mol. The van der Waals surface area contributed by atoms with Crippen LogP contribution in [0.5, 0.6) is 0 Å². The predicted octanol–water partition coefficient (Wildman–Crippen LogP) is 1.56. The lowest BCUT2D eigenvalue weighted by atomic mass is 9.95. The topological polar surface area (TPSA) is 20.2 Å². The number of hydrogen-bond donors (Lipinski definition) is 1. The zero-order valence-corrected chi connectivity index (χ0v) is 5.93. The van der Waals surface area contributed by atoms with Crippen LogP contribution >= 0.6 is 0 Å². The molecule has 0 radical (unpaired) electrons. The molecule has 0 aromatic rings. The third-order valence-corrected chi connectivity index (χ3v) is 3.05. The molecule has 0 heterocycles. The highest BCUT2D eigenvalue weighted by Crippen LogP contribution is 2.63. The quantitative estimate of drug-likeness (QED) is 0.595. The maximum atomic E-state index is 9.35. The molecule has 0 amide bonds. The van der Waals surface area contributed by atoms with E-state index >= 15 is 0 Å². The van der Waals surface area contributed by atoms with Gasteiger partial charge in [0.1, 0.15) is 0 Å². The summed E-state index contributed by atoms with van der Waals surface area (Å²) in [6.07, 6.45) is 5.30. The number of aliphatic hydroxyl groups is 1. The fourth-order valence-corrected chi connectivity index (χ4v) is 1.97. The fraction of sp³-hybridized carbons (Fsp3) is 1.00. The Kier molecular flexibility index (Phi) is 0.963. The van der Waals surface area contributed by atoms with Crippen molar-refractivity contribution in [1.82, 2.24) is 0 Å². The van der Waals surface area contributed by atoms with Crippen molar-refractivity contribution in [2.24, 2.45) is 11.3 Å². The van der Waals surface area contributed by atoms with Gasteiger partial charge >= 0.3 is 0 Å². The second-order valence-electron chi connectivity index (χ2n) is 3.68. The molecular weight excluding hydrogens is 112 g/mol. The van der Waals surface area contributed by atoms with Crippen molar-refractivity contribution < 1.29 is 5.11 Å². The van der Waals surface area contributed by atoms with E-state index in [0.29, 0.717) is 5.41 Å². The molecule has 1 N–H and O–H groups in total. The predicted molar refractivity (Wildman–Crippen MR) is 36.1 cm³/mol. The number of aliphatic hydroxyl groups excluding tert-OH is 1. The van der Waals surface area contributed by atoms with E-state index in [4.69, 9.17) is 0 Å². The first kappa shape index (κ1) is 5.72. The SMILES string of the molecule is CC(O)C1(C2CC2)CC1. The van der Waals surface area contributed by atoms with Gasteiger partial charge in [-0.1, -0.05) is 0 Å². The van der Waals surface area contributed by atoms with E-state index in [-0.39, 0.29) is 6.10 Å². The molecule has 2 fully saturated rings. The highest BCUT2D eigenvalue weighted by Gasteiger charge is 2.56. The summed E-state index contributed by atoms with van der Waals surface area (Å²) in [7, 11) is 0. The lowest BCUT2D eigenvalue weighted by molar-refractivity contribution is 0.0962. The highest BCUT2D eigenvalue weighted by atomic mass is 16.3. The summed E-state index contributed by atoms with van der Waals surface area (Å²) in [6.45, 7) is 1.95. The molecule has 1 atom stereocenters. The molecule has 2 aliphatic rings. The Morgan fingerprint density at radius 1 is 1.44 bits per heavy atom. The lowest BCUT2D eigenvalue weighted by Gasteiger charge is -2.16. The van der Waals surface area contributed by atoms with Crippen LogP contribution in [0.25, 0.3) is 0 Å². The van der Waals surface area contributed by atoms with Gasteiger partial charge in [0.2, 0.25) is 0 Å². The van der Waals surface area contributed by atoms with Gasteiger partial charge in [0.25, 0.3) is 0 Å². The van der Waals surface area contributed by atoms with Crippen molar-refractivity contribution >= 4 is 0 Å². The summed E-state index contributed by atoms with van der Waals surface area (Å²) in [6, 6.07) is 0. The highest BCUT2D eigenvalue weighted by molar-refractivity contribution is 5.06. The number of hydrogen-bond acceptors (Lipinski definition) is 1. The van der Waals surface area contributed by atoms with Gasteiger partial charge < -0.3 is 5.11 Å². The molecule has 1 nitrogen and oxygen atoms in total. The van der Waals surface area contributed by atoms with Crippen LogP contribution < -0.4 is 0 Å². The van der Waals surface area contributed by atoms with Crippen LogP contribution in [0.4, 0.5) is 0 Å². The third kappa shape index (κ3) is 0.710. The van der Waals surface area contributed by atoms with E-state index in [1.807, 2.05) is 6.92 Å². The van der Waals surface area contributed by atoms with Gasteiger partial charge in [-0.3, -0.25) is 0 Å². The van der Waals surface area contributed by atoms with Crippen molar-refractivity contribution in [1.29, 1.82) is 0 Å². The van der Waals surface area contributed by atoms with Gasteiger partial charge in [-0.05, 0) is 43.9 Å². The molecule has 0 aromatic carbocycles. The normalized spacial score (nSPS) is 34.0. The number of rotatable bonds is 2. The summed E-state index contributed by atoms with van der Waals surface area (Å²) in [5.74, 6) is 0.900. The summed E-state index contributed by atoms with van der Waals surface area (Å²) in [5, 5.41) is 9.35. The van der Waals surface area contributed by atoms with Crippen LogP contribution in [0.3, 0.4) is 0 Å². The molecule has 52 valence electrons. The van der Waals surface area contributed by atoms with Crippen LogP contribution in [-0.4, -0.2) is 11.2 Å². The van der Waals surface area contributed by atoms with Crippen molar-refractivity contribution in [2.45, 2.75) is 38.7 Å². The molecule has 0 bridgehead atoms. The summed E-state index contributed by atoms with van der Waals surface area (Å²) in [5.41, 5.74) is 0.417. The fourth-order valence-electron chi connectivity index (χ4n) is 1.97. The summed E-state index contributed by atoms with van der Waals surface area (Å²) < 4.78 is 0. The van der Waals surface area contributed by atoms with E-state index in [2.05, 4.69) is 0 Å². The minimum absolute atomic E-state index is 0.0370. The second kappa shape index (κ2) is 1.51. The van der Waals surface area contributed by atoms with Crippen LogP contribution in [0.15, 0.2) is 0 Å². The molecule has 9 heavy (non-hydrogen) atoms. The van der Waals surface area contributed by atoms with Gasteiger partial charge in [-0.15, -0.1) is 0 Å². The van der Waals surface area contributed by atoms with E-state index in [9.17, 15) is 5.11 Å². The maximum absolute atomic E-state index is 9.35. The maximum Gasteiger partial charge on any atom is 0.0570 e. The standard InChI is InChI=1S/C8H14O/c1-6(9)8(4-5-8)7-2-3-7/h6-7,9H,2-5H2,1H3. The zero-order chi connectivity index (χ0) is 6.48. The molecule has 2 saturated carbocycles. The second-order valence-corrected chi connectivity index (χ2v) is 3.68. The minimum atomic E-state index is -0.0370. The Labute approximate surface area is 56.1 Å². The Morgan fingerprint density at radius 3 is 2.11 bits per heavy atom. The van der Waals surface area contributed by atoms with Gasteiger partial charge in [-0.25, -0.2) is 0 Å². The summed E-state index contributed by atoms with van der Waals surface area (Å²) >= 11 is 0. The first-order chi connectivity index (χ1) is 4.26. The van der Waals surface area contributed by atoms with Crippen molar-refractivity contribution in [3.8, 4) is 0 Å². The summed E-state index contributed by atoms with van der Waals surface area (Å²) in [4.78, 5) is 0. The molecule has 1 unspecified atom stereocenters. The van der Waals surface area contributed by atoms with Crippen molar-refractivity contribution in [3.63, 3.8) is 0 Å². The Balaban J connectivity index is 2.04. The monoisotopic (exact) mass is 126 g/mol. The van der Waals surface area contributed by atoms with Gasteiger partial charge in [-0.2, -0.15) is 0 Å². The van der Waals surface area contributed by atoms with Crippen molar-refractivity contribution in [2.75, 3.05) is 0 Å². The van der Waals surface area contributed by atoms with Crippen LogP contribution in [-0.2, 0) is 0 Å². The Bertz CT molecular complexity index is 117. The van der Waals surface area contributed by atoms with E-state index < -0.39 is 0 Å². The largest absolute Gasteiger partial charge is 0.393 e. The molecule has 0 spiro atoms. The Hall–Kier alpha value is -0.0400. The lowest BCUT2D eigenvalue weighted by Crippen LogP contribution is -2.19. The van der Waals surface area contributed by atoms with E-state index in [0.717, 1.165) is 5.92 Å². The van der Waals surface area contributed by atoms with Crippen LogP contribution in [0, 0.1) is 11.3 Å². The van der Waals surface area contributed by atoms with Gasteiger partial charge in [0.05, 0.1) is 6.10 Å². The first-order valence-electron chi connectivity index (χ1n) is 3.94. The molecule has 2 rings (SSSR count). The molecule has 0 aliphatic heterocycles. The zero-order valence-electron chi connectivity index (χ0n) is 5.93. The molecule has 0 aromatic heterocycles. The molecular formula is C8H14O. The van der Waals surface area contributed by atoms with Crippen LogP contribution in [0.2, 0.25) is 0 Å². The van der Waals surface area contributed by atoms with Crippen molar-refractivity contribution in [3.05, 3.63) is 0 Å². The third-order valence-electron chi connectivity index (χ3n) is 3.05. The van der Waals surface area contributed by atoms with E-state index in [1.54, 1.807) is 0 Å². The van der Waals surface area contributed by atoms with E-state index in [1.165, 1.54) is 25.7 Å². The minimum Gasteiger partial charge on any atom is -0.393 e. The molecule has 0 saturated heterocycles. The first-order valence-corrected chi connectivity index (χ1v) is 3.94. The molecule has 1 heteroatoms. The molecule has 2 aliphatic carbocycles. The smallest absolute Gasteiger partial charge is 0.0570 e. The van der Waals surface area contributed by atoms with Crippen LogP contribution in [0.1, 0.15) is 32.6 Å². The average Bonchev–Trinajstić information content (AvgIpc) is 2.61.